The zero-order valence-electron chi connectivity index (χ0n) is 11.3. The minimum Gasteiger partial charge on any atom is -0.354 e. The number of aromatic amines is 1. The molecule has 2 heterocycles. The third-order valence-electron chi connectivity index (χ3n) is 4.02. The first kappa shape index (κ1) is 12.1. The van der Waals surface area contributed by atoms with Gasteiger partial charge in [0.15, 0.2) is 0 Å². The Balaban J connectivity index is 2.17. The Morgan fingerprint density at radius 3 is 2.81 bits per heavy atom. The van der Waals surface area contributed by atoms with E-state index in [9.17, 15) is 9.18 Å². The van der Waals surface area contributed by atoms with E-state index in [4.69, 9.17) is 0 Å². The average Bonchev–Trinajstić information content (AvgIpc) is 2.96. The van der Waals surface area contributed by atoms with Crippen molar-refractivity contribution in [3.63, 3.8) is 0 Å². The molecule has 1 aliphatic carbocycles. The molecule has 1 aromatic carbocycles. The van der Waals surface area contributed by atoms with Gasteiger partial charge in [-0.15, -0.1) is 0 Å². The summed E-state index contributed by atoms with van der Waals surface area (Å²) >= 11 is 0. The van der Waals surface area contributed by atoms with Crippen molar-refractivity contribution in [2.24, 2.45) is 0 Å². The summed E-state index contributed by atoms with van der Waals surface area (Å²) in [5.41, 5.74) is 1.69. The van der Waals surface area contributed by atoms with Gasteiger partial charge in [-0.1, -0.05) is 18.7 Å². The van der Waals surface area contributed by atoms with Crippen molar-refractivity contribution in [1.82, 2.24) is 4.98 Å². The number of carbonyl (C=O) groups is 1. The Hall–Kier alpha value is -2.62. The normalized spacial score (nSPS) is 18.4. The first-order valence-electron chi connectivity index (χ1n) is 6.88. The maximum atomic E-state index is 13.5. The van der Waals surface area contributed by atoms with Crippen molar-refractivity contribution in [3.05, 3.63) is 50.7 Å². The SMILES string of the molecule is C=c1c2c([nH]/c1=C1\C(=O)Nc3ccc(F)cc31)=CCCC=2. The number of H-pyrrole nitrogens is 1. The van der Waals surface area contributed by atoms with E-state index in [0.29, 0.717) is 22.2 Å². The Bertz CT molecular complexity index is 1010. The van der Waals surface area contributed by atoms with Gasteiger partial charge in [-0.3, -0.25) is 4.79 Å². The first-order valence-corrected chi connectivity index (χ1v) is 6.88. The van der Waals surface area contributed by atoms with E-state index in [1.54, 1.807) is 6.07 Å². The Morgan fingerprint density at radius 2 is 2.00 bits per heavy atom. The van der Waals surface area contributed by atoms with Gasteiger partial charge in [0.05, 0.1) is 10.9 Å². The average molecular weight is 280 g/mol. The van der Waals surface area contributed by atoms with Crippen LogP contribution in [0.3, 0.4) is 0 Å². The second kappa shape index (κ2) is 4.19. The highest BCUT2D eigenvalue weighted by Crippen LogP contribution is 2.29. The van der Waals surface area contributed by atoms with Crippen LogP contribution in [-0.4, -0.2) is 10.9 Å². The van der Waals surface area contributed by atoms with Crippen LogP contribution in [0.4, 0.5) is 10.1 Å². The van der Waals surface area contributed by atoms with Crippen LogP contribution >= 0.6 is 0 Å². The number of amides is 1. The van der Waals surface area contributed by atoms with Gasteiger partial charge in [0.25, 0.3) is 5.91 Å². The third-order valence-corrected chi connectivity index (χ3v) is 4.02. The molecule has 1 aliphatic heterocycles. The lowest BCUT2D eigenvalue weighted by Gasteiger charge is -1.97. The Labute approximate surface area is 119 Å². The molecule has 0 saturated heterocycles. The molecule has 3 nitrogen and oxygen atoms in total. The summed E-state index contributed by atoms with van der Waals surface area (Å²) in [7, 11) is 0. The highest BCUT2D eigenvalue weighted by Gasteiger charge is 2.26. The molecule has 0 atom stereocenters. The summed E-state index contributed by atoms with van der Waals surface area (Å²) in [4.78, 5) is 15.5. The van der Waals surface area contributed by atoms with E-state index in [-0.39, 0.29) is 11.7 Å². The molecule has 1 aromatic heterocycles. The van der Waals surface area contributed by atoms with E-state index >= 15 is 0 Å². The van der Waals surface area contributed by atoms with E-state index in [0.717, 1.165) is 28.6 Å². The predicted octanol–water partition coefficient (Wildman–Crippen LogP) is 0.0700. The van der Waals surface area contributed by atoms with Gasteiger partial charge >= 0.3 is 0 Å². The topological polar surface area (TPSA) is 44.9 Å². The minimum absolute atomic E-state index is 0.223. The summed E-state index contributed by atoms with van der Waals surface area (Å²) in [6.45, 7) is 4.09. The summed E-state index contributed by atoms with van der Waals surface area (Å²) in [5.74, 6) is -0.582. The summed E-state index contributed by atoms with van der Waals surface area (Å²) in [6.07, 6.45) is 6.17. The van der Waals surface area contributed by atoms with Crippen molar-refractivity contribution < 1.29 is 9.18 Å². The first-order chi connectivity index (χ1) is 10.1. The van der Waals surface area contributed by atoms with Crippen LogP contribution in [0.15, 0.2) is 18.2 Å². The fourth-order valence-corrected chi connectivity index (χ4v) is 3.03. The number of benzene rings is 1. The van der Waals surface area contributed by atoms with Gasteiger partial charge in [-0.05, 0) is 31.0 Å². The fourth-order valence-electron chi connectivity index (χ4n) is 3.03. The maximum Gasteiger partial charge on any atom is 0.258 e. The van der Waals surface area contributed by atoms with Gasteiger partial charge in [0.2, 0.25) is 0 Å². The number of hydrogen-bond acceptors (Lipinski definition) is 1. The van der Waals surface area contributed by atoms with E-state index in [2.05, 4.69) is 29.0 Å². The molecule has 2 aliphatic rings. The van der Waals surface area contributed by atoms with Crippen molar-refractivity contribution in [1.29, 1.82) is 0 Å². The lowest BCUT2D eigenvalue weighted by Crippen LogP contribution is -2.38. The molecule has 0 saturated carbocycles. The van der Waals surface area contributed by atoms with E-state index in [1.165, 1.54) is 12.1 Å². The molecule has 2 N–H and O–H groups in total. The summed E-state index contributed by atoms with van der Waals surface area (Å²) in [6, 6.07) is 4.31. The summed E-state index contributed by atoms with van der Waals surface area (Å²) in [5, 5.41) is 6.28. The number of halogens is 1. The van der Waals surface area contributed by atoms with Crippen molar-refractivity contribution in [2.75, 3.05) is 5.32 Å². The van der Waals surface area contributed by atoms with Crippen LogP contribution < -0.4 is 26.5 Å². The molecular weight excluding hydrogens is 267 g/mol. The van der Waals surface area contributed by atoms with E-state index in [1.807, 2.05) is 0 Å². The second-order valence-electron chi connectivity index (χ2n) is 5.31. The number of fused-ring (bicyclic) bond motifs is 2. The van der Waals surface area contributed by atoms with Gasteiger partial charge in [0, 0.05) is 27.0 Å². The third kappa shape index (κ3) is 1.69. The fraction of sp³-hybridized carbons (Fsp3) is 0.118. The number of aromatic nitrogens is 1. The lowest BCUT2D eigenvalue weighted by molar-refractivity contribution is -0.110. The highest BCUT2D eigenvalue weighted by atomic mass is 19.1. The van der Waals surface area contributed by atoms with Crippen LogP contribution in [0.2, 0.25) is 0 Å². The van der Waals surface area contributed by atoms with Gasteiger partial charge < -0.3 is 10.3 Å². The number of rotatable bonds is 0. The molecule has 2 aromatic rings. The van der Waals surface area contributed by atoms with Gasteiger partial charge in [-0.2, -0.15) is 0 Å². The minimum atomic E-state index is -0.359. The number of carbonyl (C=O) groups excluding carboxylic acids is 1. The lowest BCUT2D eigenvalue weighted by atomic mass is 10.1. The van der Waals surface area contributed by atoms with Crippen LogP contribution in [0.25, 0.3) is 24.3 Å². The monoisotopic (exact) mass is 280 g/mol. The Kier molecular flexibility index (Phi) is 2.42. The zero-order valence-corrected chi connectivity index (χ0v) is 11.3. The largest absolute Gasteiger partial charge is 0.354 e. The van der Waals surface area contributed by atoms with Crippen LogP contribution in [0, 0.1) is 5.82 Å². The molecular formula is C17H13FN2O. The molecule has 0 spiro atoms. The van der Waals surface area contributed by atoms with Gasteiger partial charge in [-0.25, -0.2) is 4.39 Å². The highest BCUT2D eigenvalue weighted by molar-refractivity contribution is 6.31. The van der Waals surface area contributed by atoms with Crippen LogP contribution in [0.5, 0.6) is 0 Å². The zero-order chi connectivity index (χ0) is 14.6. The molecule has 4 rings (SSSR count). The van der Waals surface area contributed by atoms with Crippen LogP contribution in [0.1, 0.15) is 18.4 Å². The molecule has 104 valence electrons. The van der Waals surface area contributed by atoms with Crippen LogP contribution in [-0.2, 0) is 4.79 Å². The number of anilines is 1. The Morgan fingerprint density at radius 1 is 1.19 bits per heavy atom. The smallest absolute Gasteiger partial charge is 0.258 e. The molecule has 0 radical (unpaired) electrons. The summed E-state index contributed by atoms with van der Waals surface area (Å²) < 4.78 is 13.5. The molecule has 0 unspecified atom stereocenters. The molecule has 0 bridgehead atoms. The molecule has 0 fully saturated rings. The van der Waals surface area contributed by atoms with E-state index < -0.39 is 0 Å². The standard InChI is InChI=1S/C17H13FN2O/c1-9-11-4-2-3-5-13(11)19-16(9)15-12-8-10(18)6-7-14(12)20-17(15)21/h4-8,19H,1-3H2,(H,20,21)/b16-15-. The molecule has 4 heteroatoms. The molecule has 21 heavy (non-hydrogen) atoms. The number of nitrogens with one attached hydrogen (secondary N) is 2. The molecule has 1 amide bonds. The van der Waals surface area contributed by atoms with Crippen molar-refractivity contribution >= 4 is 35.9 Å². The predicted molar refractivity (Wildman–Crippen MR) is 80.5 cm³/mol. The van der Waals surface area contributed by atoms with Gasteiger partial charge in [0.1, 0.15) is 5.82 Å². The maximum absolute atomic E-state index is 13.5. The van der Waals surface area contributed by atoms with Crippen molar-refractivity contribution in [2.45, 2.75) is 12.8 Å². The van der Waals surface area contributed by atoms with Crippen molar-refractivity contribution in [3.8, 4) is 0 Å². The number of hydrogen-bond donors (Lipinski definition) is 2. The second-order valence-corrected chi connectivity index (χ2v) is 5.31. The quantitative estimate of drug-likeness (QED) is 0.705.